The fourth-order valence-electron chi connectivity index (χ4n) is 3.80. The molecule has 33 heavy (non-hydrogen) atoms. The van der Waals surface area contributed by atoms with Gasteiger partial charge >= 0.3 is 0 Å². The van der Waals surface area contributed by atoms with Crippen LogP contribution in [0.25, 0.3) is 0 Å². The summed E-state index contributed by atoms with van der Waals surface area (Å²) in [5.74, 6) is -0.0457. The number of rotatable bonds is 7. The van der Waals surface area contributed by atoms with Crippen molar-refractivity contribution in [1.29, 1.82) is 0 Å². The van der Waals surface area contributed by atoms with E-state index < -0.39 is 11.6 Å². The van der Waals surface area contributed by atoms with Gasteiger partial charge in [0.2, 0.25) is 11.8 Å². The second-order valence-electron chi connectivity index (χ2n) is 7.94. The third kappa shape index (κ3) is 6.21. The van der Waals surface area contributed by atoms with Crippen molar-refractivity contribution >= 4 is 29.1 Å². The number of amides is 1. The molecule has 3 aromatic rings. The second kappa shape index (κ2) is 10.5. The van der Waals surface area contributed by atoms with Crippen LogP contribution in [0.4, 0.5) is 8.78 Å². The Labute approximate surface area is 199 Å². The molecule has 0 bridgehead atoms. The Bertz CT molecular complexity index is 1130. The van der Waals surface area contributed by atoms with Gasteiger partial charge in [-0.05, 0) is 55.5 Å². The maximum absolute atomic E-state index is 13.6. The highest BCUT2D eigenvalue weighted by Gasteiger charge is 2.27. The lowest BCUT2D eigenvalue weighted by atomic mass is 9.86. The van der Waals surface area contributed by atoms with Gasteiger partial charge in [0.05, 0.1) is 16.5 Å². The molecule has 0 aliphatic heterocycles. The first-order valence-corrected chi connectivity index (χ1v) is 11.3. The molecule has 0 saturated heterocycles. The van der Waals surface area contributed by atoms with Crippen LogP contribution in [0.5, 0.6) is 5.75 Å². The number of aromatic nitrogens is 2. The lowest BCUT2D eigenvalue weighted by Gasteiger charge is -2.27. The molecule has 1 saturated carbocycles. The van der Waals surface area contributed by atoms with Gasteiger partial charge < -0.3 is 14.5 Å². The molecule has 1 aliphatic rings. The van der Waals surface area contributed by atoms with Crippen molar-refractivity contribution in [3.8, 4) is 5.75 Å². The van der Waals surface area contributed by atoms with Crippen LogP contribution in [-0.2, 0) is 11.2 Å². The third-order valence-corrected chi connectivity index (χ3v) is 6.14. The van der Waals surface area contributed by atoms with Crippen LogP contribution in [0.3, 0.4) is 0 Å². The number of nitrogens with one attached hydrogen (secondary N) is 1. The largest absolute Gasteiger partial charge is 0.484 e. The summed E-state index contributed by atoms with van der Waals surface area (Å²) < 4.78 is 38.2. The summed E-state index contributed by atoms with van der Waals surface area (Å²) in [6.07, 6.45) is 3.40. The van der Waals surface area contributed by atoms with Gasteiger partial charge in [-0.15, -0.1) is 10.2 Å². The standard InChI is InChI=1S/C23H21Cl2F2N3O3/c24-17-7-1-13(9-19(17)26)10-22-29-30-23(33-22)14-2-4-15(5-3-14)28-21(31)12-32-16-6-8-18(25)20(27)11-16/h1,6-9,11,14-15H,2-5,10,12H2,(H,28,31). The van der Waals surface area contributed by atoms with Crippen LogP contribution < -0.4 is 10.1 Å². The number of ether oxygens (including phenoxy) is 1. The Balaban J connectivity index is 1.23. The fourth-order valence-corrected chi connectivity index (χ4v) is 4.03. The van der Waals surface area contributed by atoms with E-state index in [1.807, 2.05) is 0 Å². The van der Waals surface area contributed by atoms with Crippen molar-refractivity contribution in [3.05, 3.63) is 75.4 Å². The Kier molecular flexibility index (Phi) is 7.45. The van der Waals surface area contributed by atoms with Crippen molar-refractivity contribution in [1.82, 2.24) is 15.5 Å². The predicted octanol–water partition coefficient (Wildman–Crippen LogP) is 5.47. The minimum absolute atomic E-state index is 0.00388. The van der Waals surface area contributed by atoms with Crippen molar-refractivity contribution in [3.63, 3.8) is 0 Å². The predicted molar refractivity (Wildman–Crippen MR) is 119 cm³/mol. The minimum Gasteiger partial charge on any atom is -0.484 e. The summed E-state index contributed by atoms with van der Waals surface area (Å²) in [4.78, 5) is 12.2. The van der Waals surface area contributed by atoms with Gasteiger partial charge in [-0.2, -0.15) is 0 Å². The Morgan fingerprint density at radius 2 is 1.73 bits per heavy atom. The highest BCUT2D eigenvalue weighted by molar-refractivity contribution is 6.31. The van der Waals surface area contributed by atoms with E-state index in [-0.39, 0.29) is 40.3 Å². The highest BCUT2D eigenvalue weighted by atomic mass is 35.5. The maximum Gasteiger partial charge on any atom is 0.258 e. The molecule has 1 heterocycles. The van der Waals surface area contributed by atoms with Gasteiger partial charge in [0.25, 0.3) is 5.91 Å². The molecule has 0 radical (unpaired) electrons. The first kappa shape index (κ1) is 23.4. The zero-order valence-corrected chi connectivity index (χ0v) is 19.0. The Morgan fingerprint density at radius 3 is 2.42 bits per heavy atom. The number of nitrogens with zero attached hydrogens (tertiary/aromatic N) is 2. The van der Waals surface area contributed by atoms with E-state index >= 15 is 0 Å². The van der Waals surface area contributed by atoms with E-state index in [9.17, 15) is 13.6 Å². The molecule has 1 N–H and O–H groups in total. The molecule has 1 amide bonds. The summed E-state index contributed by atoms with van der Waals surface area (Å²) in [6, 6.07) is 8.61. The number of carbonyl (C=O) groups excluding carboxylic acids is 1. The Hall–Kier alpha value is -2.71. The molecule has 10 heteroatoms. The number of hydrogen-bond acceptors (Lipinski definition) is 5. The molecule has 174 valence electrons. The van der Waals surface area contributed by atoms with Crippen molar-refractivity contribution in [2.75, 3.05) is 6.61 Å². The van der Waals surface area contributed by atoms with Crippen molar-refractivity contribution < 1.29 is 22.7 Å². The molecule has 1 fully saturated rings. The molecule has 1 aliphatic carbocycles. The number of hydrogen-bond donors (Lipinski definition) is 1. The zero-order chi connectivity index (χ0) is 23.4. The van der Waals surface area contributed by atoms with Gasteiger partial charge in [-0.1, -0.05) is 29.3 Å². The smallest absolute Gasteiger partial charge is 0.258 e. The van der Waals surface area contributed by atoms with Crippen LogP contribution >= 0.6 is 23.2 Å². The summed E-state index contributed by atoms with van der Waals surface area (Å²) in [6.45, 7) is -0.209. The molecule has 0 spiro atoms. The third-order valence-electron chi connectivity index (χ3n) is 5.52. The van der Waals surface area contributed by atoms with Gasteiger partial charge in [0, 0.05) is 18.0 Å². The molecule has 2 aromatic carbocycles. The summed E-state index contributed by atoms with van der Waals surface area (Å²) in [5.41, 5.74) is 0.696. The van der Waals surface area contributed by atoms with E-state index in [1.54, 1.807) is 6.07 Å². The minimum atomic E-state index is -0.600. The summed E-state index contributed by atoms with van der Waals surface area (Å²) in [7, 11) is 0. The van der Waals surface area contributed by atoms with Gasteiger partial charge in [-0.3, -0.25) is 4.79 Å². The monoisotopic (exact) mass is 495 g/mol. The van der Waals surface area contributed by atoms with Crippen LogP contribution in [0, 0.1) is 11.6 Å². The molecule has 1 aromatic heterocycles. The number of carbonyl (C=O) groups is 1. The molecule has 0 atom stereocenters. The maximum atomic E-state index is 13.6. The van der Waals surface area contributed by atoms with Gasteiger partial charge in [0.1, 0.15) is 17.4 Å². The van der Waals surface area contributed by atoms with Crippen molar-refractivity contribution in [2.45, 2.75) is 44.1 Å². The molecule has 4 rings (SSSR count). The number of benzene rings is 2. The molecule has 0 unspecified atom stereocenters. The quantitative estimate of drug-likeness (QED) is 0.470. The average molecular weight is 496 g/mol. The first-order valence-electron chi connectivity index (χ1n) is 10.5. The summed E-state index contributed by atoms with van der Waals surface area (Å²) >= 11 is 11.3. The normalized spacial score (nSPS) is 18.2. The van der Waals surface area contributed by atoms with Gasteiger partial charge in [-0.25, -0.2) is 8.78 Å². The first-order chi connectivity index (χ1) is 15.9. The summed E-state index contributed by atoms with van der Waals surface area (Å²) in [5, 5.41) is 11.2. The topological polar surface area (TPSA) is 77.2 Å². The van der Waals surface area contributed by atoms with E-state index in [0.29, 0.717) is 23.8 Å². The molecule has 6 nitrogen and oxygen atoms in total. The van der Waals surface area contributed by atoms with E-state index in [0.717, 1.165) is 31.7 Å². The van der Waals surface area contributed by atoms with E-state index in [4.69, 9.17) is 32.4 Å². The van der Waals surface area contributed by atoms with E-state index in [2.05, 4.69) is 15.5 Å². The van der Waals surface area contributed by atoms with Gasteiger partial charge in [0.15, 0.2) is 6.61 Å². The second-order valence-corrected chi connectivity index (χ2v) is 8.75. The van der Waals surface area contributed by atoms with Crippen molar-refractivity contribution in [2.24, 2.45) is 0 Å². The molecular formula is C23H21Cl2F2N3O3. The molecular weight excluding hydrogens is 475 g/mol. The fraction of sp³-hybridized carbons (Fsp3) is 0.348. The lowest BCUT2D eigenvalue weighted by molar-refractivity contribution is -0.124. The van der Waals surface area contributed by atoms with E-state index in [1.165, 1.54) is 24.3 Å². The lowest BCUT2D eigenvalue weighted by Crippen LogP contribution is -2.39. The highest BCUT2D eigenvalue weighted by Crippen LogP contribution is 2.32. The average Bonchev–Trinajstić information content (AvgIpc) is 3.26. The Morgan fingerprint density at radius 1 is 1.03 bits per heavy atom. The van der Waals surface area contributed by atoms with Crippen LogP contribution in [0.1, 0.15) is 48.9 Å². The number of halogens is 4. The van der Waals surface area contributed by atoms with Crippen LogP contribution in [-0.4, -0.2) is 28.8 Å². The zero-order valence-electron chi connectivity index (χ0n) is 17.5. The van der Waals surface area contributed by atoms with Crippen LogP contribution in [0.2, 0.25) is 10.0 Å². The van der Waals surface area contributed by atoms with Crippen LogP contribution in [0.15, 0.2) is 40.8 Å². The SMILES string of the molecule is O=C(COc1ccc(Cl)c(F)c1)NC1CCC(c2nnc(Cc3ccc(Cl)c(F)c3)o2)CC1.